The Hall–Kier alpha value is -2.44. The number of sulfonamides is 1. The fourth-order valence-electron chi connectivity index (χ4n) is 2.60. The Morgan fingerprint density at radius 3 is 2.27 bits per heavy atom. The van der Waals surface area contributed by atoms with E-state index in [1.165, 1.54) is 6.07 Å². The van der Waals surface area contributed by atoms with Crippen molar-refractivity contribution in [3.05, 3.63) is 94.0 Å². The minimum Gasteiger partial charge on any atom is -0.289 e. The van der Waals surface area contributed by atoms with E-state index in [4.69, 9.17) is 0 Å². The molecule has 0 atom stereocenters. The summed E-state index contributed by atoms with van der Waals surface area (Å²) in [6, 6.07) is 20.3. The van der Waals surface area contributed by atoms with Crippen LogP contribution in [0.1, 0.15) is 21.5 Å². The van der Waals surface area contributed by atoms with E-state index in [-0.39, 0.29) is 21.9 Å². The molecular formula is C20H16BrNO3S. The molecule has 0 unspecified atom stereocenters. The summed E-state index contributed by atoms with van der Waals surface area (Å²) in [6.45, 7) is 1.73. The molecule has 1 N–H and O–H groups in total. The number of aryl methyl sites for hydroxylation is 1. The van der Waals surface area contributed by atoms with Gasteiger partial charge in [-0.3, -0.25) is 9.52 Å². The molecule has 6 heteroatoms. The smallest absolute Gasteiger partial charge is 0.262 e. The maximum atomic E-state index is 12.9. The molecule has 0 aliphatic carbocycles. The van der Waals surface area contributed by atoms with Gasteiger partial charge in [-0.2, -0.15) is 0 Å². The molecule has 0 radical (unpaired) electrons. The Balaban J connectivity index is 2.04. The van der Waals surface area contributed by atoms with Crippen LogP contribution in [0.15, 0.2) is 82.2 Å². The third-order valence-corrected chi connectivity index (χ3v) is 5.91. The molecule has 4 nitrogen and oxygen atoms in total. The summed E-state index contributed by atoms with van der Waals surface area (Å²) in [6.07, 6.45) is 0. The van der Waals surface area contributed by atoms with Crippen molar-refractivity contribution < 1.29 is 13.2 Å². The number of halogens is 1. The number of carbonyl (C=O) groups excluding carboxylic acids is 1. The van der Waals surface area contributed by atoms with E-state index < -0.39 is 10.0 Å². The molecule has 0 aromatic heterocycles. The maximum Gasteiger partial charge on any atom is 0.262 e. The van der Waals surface area contributed by atoms with Gasteiger partial charge in [0.15, 0.2) is 5.78 Å². The van der Waals surface area contributed by atoms with Crippen LogP contribution in [0.5, 0.6) is 0 Å². The first-order valence-electron chi connectivity index (χ1n) is 7.86. The van der Waals surface area contributed by atoms with Crippen molar-refractivity contribution in [3.8, 4) is 0 Å². The van der Waals surface area contributed by atoms with Crippen molar-refractivity contribution in [2.75, 3.05) is 4.72 Å². The predicted octanol–water partition coefficient (Wildman–Crippen LogP) is 4.79. The number of hydrogen-bond donors (Lipinski definition) is 1. The fourth-order valence-corrected chi connectivity index (χ4v) is 4.28. The molecule has 0 aliphatic rings. The first-order valence-corrected chi connectivity index (χ1v) is 10.1. The van der Waals surface area contributed by atoms with Crippen molar-refractivity contribution in [1.29, 1.82) is 0 Å². The van der Waals surface area contributed by atoms with Gasteiger partial charge in [-0.05, 0) is 36.8 Å². The second-order valence-corrected chi connectivity index (χ2v) is 8.32. The molecule has 0 spiro atoms. The second kappa shape index (κ2) is 7.43. The number of ketones is 1. The minimum absolute atomic E-state index is 0.182. The van der Waals surface area contributed by atoms with Crippen molar-refractivity contribution >= 4 is 37.4 Å². The van der Waals surface area contributed by atoms with Gasteiger partial charge in [0.2, 0.25) is 0 Å². The Bertz CT molecular complexity index is 1060. The Morgan fingerprint density at radius 2 is 1.58 bits per heavy atom. The minimum atomic E-state index is -3.81. The fraction of sp³-hybridized carbons (Fsp3) is 0.0500. The van der Waals surface area contributed by atoms with Gasteiger partial charge in [0.1, 0.15) is 0 Å². The van der Waals surface area contributed by atoms with Gasteiger partial charge in [-0.1, -0.05) is 64.5 Å². The summed E-state index contributed by atoms with van der Waals surface area (Å²) in [5, 5.41) is 0. The molecule has 0 heterocycles. The van der Waals surface area contributed by atoms with E-state index in [1.54, 1.807) is 67.6 Å². The summed E-state index contributed by atoms with van der Waals surface area (Å²) in [4.78, 5) is 13.0. The maximum absolute atomic E-state index is 12.9. The van der Waals surface area contributed by atoms with Crippen molar-refractivity contribution in [2.24, 2.45) is 0 Å². The zero-order chi connectivity index (χ0) is 18.7. The first-order chi connectivity index (χ1) is 12.4. The lowest BCUT2D eigenvalue weighted by molar-refractivity contribution is 0.103. The number of carbonyl (C=O) groups is 1. The van der Waals surface area contributed by atoms with Crippen molar-refractivity contribution in [3.63, 3.8) is 0 Å². The van der Waals surface area contributed by atoms with Crippen LogP contribution < -0.4 is 4.72 Å². The first kappa shape index (κ1) is 18.4. The van der Waals surface area contributed by atoms with Crippen molar-refractivity contribution in [2.45, 2.75) is 11.8 Å². The van der Waals surface area contributed by atoms with Gasteiger partial charge >= 0.3 is 0 Å². The highest BCUT2D eigenvalue weighted by molar-refractivity contribution is 9.10. The van der Waals surface area contributed by atoms with Gasteiger partial charge < -0.3 is 0 Å². The van der Waals surface area contributed by atoms with Gasteiger partial charge in [-0.25, -0.2) is 8.42 Å². The quantitative estimate of drug-likeness (QED) is 0.592. The SMILES string of the molecule is Cc1ccccc1S(=O)(=O)Nc1ccc(Br)cc1C(=O)c1ccccc1. The standard InChI is InChI=1S/C20H16BrNO3S/c1-14-7-5-6-10-19(14)26(24,25)22-18-12-11-16(21)13-17(18)20(23)15-8-3-2-4-9-15/h2-13,22H,1H3. The Labute approximate surface area is 161 Å². The molecule has 3 aromatic rings. The van der Waals surface area contributed by atoms with Crippen LogP contribution in [0.2, 0.25) is 0 Å². The molecule has 3 aromatic carbocycles. The predicted molar refractivity (Wildman–Crippen MR) is 106 cm³/mol. The third-order valence-electron chi connectivity index (χ3n) is 3.89. The average Bonchev–Trinajstić information content (AvgIpc) is 2.63. The number of nitrogens with one attached hydrogen (secondary N) is 1. The molecule has 0 amide bonds. The van der Waals surface area contributed by atoms with Crippen LogP contribution in [-0.4, -0.2) is 14.2 Å². The molecular weight excluding hydrogens is 414 g/mol. The molecule has 0 aliphatic heterocycles. The van der Waals surface area contributed by atoms with Gasteiger partial charge in [-0.15, -0.1) is 0 Å². The number of rotatable bonds is 5. The van der Waals surface area contributed by atoms with E-state index >= 15 is 0 Å². The lowest BCUT2D eigenvalue weighted by Gasteiger charge is -2.14. The van der Waals surface area contributed by atoms with Crippen LogP contribution in [0.4, 0.5) is 5.69 Å². The van der Waals surface area contributed by atoms with Crippen LogP contribution in [-0.2, 0) is 10.0 Å². The number of hydrogen-bond acceptors (Lipinski definition) is 3. The molecule has 132 valence electrons. The molecule has 0 fully saturated rings. The van der Waals surface area contributed by atoms with Crippen molar-refractivity contribution in [1.82, 2.24) is 0 Å². The lowest BCUT2D eigenvalue weighted by Crippen LogP contribution is -2.17. The highest BCUT2D eigenvalue weighted by Gasteiger charge is 2.21. The van der Waals surface area contributed by atoms with E-state index in [1.807, 2.05) is 6.07 Å². The highest BCUT2D eigenvalue weighted by atomic mass is 79.9. The lowest BCUT2D eigenvalue weighted by atomic mass is 10.0. The zero-order valence-electron chi connectivity index (χ0n) is 13.9. The molecule has 0 saturated carbocycles. The van der Waals surface area contributed by atoms with Gasteiger partial charge in [0.05, 0.1) is 10.6 Å². The van der Waals surface area contributed by atoms with Gasteiger partial charge in [0.25, 0.3) is 10.0 Å². The normalized spacial score (nSPS) is 11.2. The zero-order valence-corrected chi connectivity index (χ0v) is 16.3. The van der Waals surface area contributed by atoms with Crippen LogP contribution in [0, 0.1) is 6.92 Å². The van der Waals surface area contributed by atoms with E-state index in [0.29, 0.717) is 15.6 Å². The second-order valence-electron chi connectivity index (χ2n) is 5.76. The molecule has 0 saturated heterocycles. The van der Waals surface area contributed by atoms with Crippen LogP contribution >= 0.6 is 15.9 Å². The van der Waals surface area contributed by atoms with E-state index in [2.05, 4.69) is 20.7 Å². The molecule has 0 bridgehead atoms. The largest absolute Gasteiger partial charge is 0.289 e. The summed E-state index contributed by atoms with van der Waals surface area (Å²) < 4.78 is 28.8. The summed E-state index contributed by atoms with van der Waals surface area (Å²) >= 11 is 3.34. The molecule has 3 rings (SSSR count). The third kappa shape index (κ3) is 3.86. The molecule has 26 heavy (non-hydrogen) atoms. The summed E-state index contributed by atoms with van der Waals surface area (Å²) in [5.74, 6) is -0.255. The average molecular weight is 430 g/mol. The highest BCUT2D eigenvalue weighted by Crippen LogP contribution is 2.27. The van der Waals surface area contributed by atoms with Gasteiger partial charge in [0, 0.05) is 15.6 Å². The Morgan fingerprint density at radius 1 is 0.923 bits per heavy atom. The summed E-state index contributed by atoms with van der Waals surface area (Å²) in [7, 11) is -3.81. The van der Waals surface area contributed by atoms with E-state index in [0.717, 1.165) is 0 Å². The topological polar surface area (TPSA) is 63.2 Å². The van der Waals surface area contributed by atoms with Crippen LogP contribution in [0.3, 0.4) is 0 Å². The number of anilines is 1. The number of benzene rings is 3. The summed E-state index contributed by atoms with van der Waals surface area (Å²) in [5.41, 5.74) is 1.64. The Kier molecular flexibility index (Phi) is 5.25. The van der Waals surface area contributed by atoms with Crippen LogP contribution in [0.25, 0.3) is 0 Å². The van der Waals surface area contributed by atoms with E-state index in [9.17, 15) is 13.2 Å². The monoisotopic (exact) mass is 429 g/mol.